The van der Waals surface area contributed by atoms with Crippen LogP contribution in [0.2, 0.25) is 0 Å². The van der Waals surface area contributed by atoms with Gasteiger partial charge in [0.15, 0.2) is 0 Å². The summed E-state index contributed by atoms with van der Waals surface area (Å²) in [5.41, 5.74) is 1.71. The number of rotatable bonds is 3. The molecule has 1 N–H and O–H groups in total. The Morgan fingerprint density at radius 2 is 2.05 bits per heavy atom. The number of thiophene rings is 1. The first-order valence-electron chi connectivity index (χ1n) is 5.94. The minimum atomic E-state index is -0.375. The largest absolute Gasteiger partial charge is 0.403 e. The van der Waals surface area contributed by atoms with Crippen LogP contribution < -0.4 is 5.32 Å². The molecular weight excluding hydrogens is 288 g/mol. The number of carbonyl (C=O) groups excluding carboxylic acids is 1. The number of anilines is 1. The van der Waals surface area contributed by atoms with Crippen LogP contribution >= 0.6 is 11.3 Å². The van der Waals surface area contributed by atoms with E-state index in [0.717, 1.165) is 5.56 Å². The number of carbonyl (C=O) groups is 1. The summed E-state index contributed by atoms with van der Waals surface area (Å²) in [6, 6.07) is 10.1. The molecule has 0 spiro atoms. The highest BCUT2D eigenvalue weighted by Gasteiger charge is 2.12. The summed E-state index contributed by atoms with van der Waals surface area (Å²) < 4.78 is 5.37. The summed E-state index contributed by atoms with van der Waals surface area (Å²) in [5, 5.41) is 22.6. The van der Waals surface area contributed by atoms with Gasteiger partial charge in [-0.15, -0.1) is 5.10 Å². The predicted octanol–water partition coefficient (Wildman–Crippen LogP) is 2.92. The Hall–Kier alpha value is -2.98. The number of nitrogens with zero attached hydrogens (tertiary/aromatic N) is 3. The van der Waals surface area contributed by atoms with E-state index >= 15 is 0 Å². The van der Waals surface area contributed by atoms with Crippen molar-refractivity contribution < 1.29 is 9.21 Å². The van der Waals surface area contributed by atoms with E-state index in [-0.39, 0.29) is 11.9 Å². The lowest BCUT2D eigenvalue weighted by molar-refractivity contribution is 0.102. The lowest BCUT2D eigenvalue weighted by Crippen LogP contribution is -2.11. The number of benzene rings is 1. The van der Waals surface area contributed by atoms with Gasteiger partial charge in [-0.05, 0) is 35.7 Å². The highest BCUT2D eigenvalue weighted by Crippen LogP contribution is 2.22. The van der Waals surface area contributed by atoms with Gasteiger partial charge in [0.25, 0.3) is 11.8 Å². The van der Waals surface area contributed by atoms with E-state index in [9.17, 15) is 4.79 Å². The Bertz CT molecular complexity index is 800. The van der Waals surface area contributed by atoms with Crippen molar-refractivity contribution in [3.8, 4) is 17.5 Å². The average Bonchev–Trinajstić information content (AvgIpc) is 3.18. The number of nitrogens with one attached hydrogen (secondary N) is 1. The van der Waals surface area contributed by atoms with Gasteiger partial charge in [-0.3, -0.25) is 10.1 Å². The van der Waals surface area contributed by atoms with Crippen molar-refractivity contribution in [3.05, 3.63) is 52.2 Å². The zero-order valence-corrected chi connectivity index (χ0v) is 11.4. The minimum absolute atomic E-state index is 0.0329. The third-order valence-corrected chi connectivity index (χ3v) is 3.37. The third-order valence-electron chi connectivity index (χ3n) is 2.69. The molecule has 0 bridgehead atoms. The van der Waals surface area contributed by atoms with Gasteiger partial charge < -0.3 is 4.42 Å². The number of amides is 1. The minimum Gasteiger partial charge on any atom is -0.403 e. The van der Waals surface area contributed by atoms with Crippen molar-refractivity contribution in [1.82, 2.24) is 10.2 Å². The normalized spacial score (nSPS) is 10.0. The summed E-state index contributed by atoms with van der Waals surface area (Å²) in [6.07, 6.45) is 0. The van der Waals surface area contributed by atoms with Crippen molar-refractivity contribution >= 4 is 23.3 Å². The average molecular weight is 296 g/mol. The maximum absolute atomic E-state index is 12.0. The predicted molar refractivity (Wildman–Crippen MR) is 76.7 cm³/mol. The zero-order valence-electron chi connectivity index (χ0n) is 10.6. The van der Waals surface area contributed by atoms with Gasteiger partial charge in [0.2, 0.25) is 0 Å². The first-order chi connectivity index (χ1) is 10.3. The van der Waals surface area contributed by atoms with Gasteiger partial charge in [0, 0.05) is 16.5 Å². The molecule has 2 heterocycles. The van der Waals surface area contributed by atoms with Gasteiger partial charge in [-0.2, -0.15) is 16.6 Å². The van der Waals surface area contributed by atoms with E-state index in [4.69, 9.17) is 9.68 Å². The molecule has 1 amide bonds. The van der Waals surface area contributed by atoms with Crippen LogP contribution in [0, 0.1) is 11.3 Å². The van der Waals surface area contributed by atoms with Crippen molar-refractivity contribution in [2.45, 2.75) is 0 Å². The molecule has 21 heavy (non-hydrogen) atoms. The van der Waals surface area contributed by atoms with Gasteiger partial charge in [-0.1, -0.05) is 5.10 Å². The van der Waals surface area contributed by atoms with E-state index in [0.29, 0.717) is 17.0 Å². The lowest BCUT2D eigenvalue weighted by Gasteiger charge is -2.00. The SMILES string of the molecule is N#Cc1ccc(C(=O)Nc2nnc(-c3ccsc3)o2)cc1. The number of hydrogen-bond donors (Lipinski definition) is 1. The van der Waals surface area contributed by atoms with Crippen LogP contribution in [0.3, 0.4) is 0 Å². The Labute approximate surface area is 123 Å². The van der Waals surface area contributed by atoms with Gasteiger partial charge in [-0.25, -0.2) is 0 Å². The number of nitriles is 1. The third kappa shape index (κ3) is 2.80. The van der Waals surface area contributed by atoms with Crippen molar-refractivity contribution in [2.24, 2.45) is 0 Å². The molecular formula is C14H8N4O2S. The van der Waals surface area contributed by atoms with Crippen molar-refractivity contribution in [1.29, 1.82) is 5.26 Å². The molecule has 0 fully saturated rings. The molecule has 102 valence electrons. The maximum atomic E-state index is 12.0. The van der Waals surface area contributed by atoms with Crippen LogP contribution in [-0.2, 0) is 0 Å². The molecule has 6 nitrogen and oxygen atoms in total. The van der Waals surface area contributed by atoms with Crippen LogP contribution in [0.4, 0.5) is 6.01 Å². The Kier molecular flexibility index (Phi) is 3.45. The molecule has 1 aromatic carbocycles. The van der Waals surface area contributed by atoms with Gasteiger partial charge in [0.1, 0.15) is 0 Å². The molecule has 0 radical (unpaired) electrons. The second-order valence-electron chi connectivity index (χ2n) is 4.07. The molecule has 3 rings (SSSR count). The Balaban J connectivity index is 1.74. The molecule has 0 aliphatic carbocycles. The second-order valence-corrected chi connectivity index (χ2v) is 4.85. The molecule has 0 aliphatic heterocycles. The molecule has 0 saturated carbocycles. The maximum Gasteiger partial charge on any atom is 0.322 e. The van der Waals surface area contributed by atoms with Crippen LogP contribution in [-0.4, -0.2) is 16.1 Å². The fraction of sp³-hybridized carbons (Fsp3) is 0. The second kappa shape index (κ2) is 5.56. The quantitative estimate of drug-likeness (QED) is 0.802. The molecule has 2 aromatic heterocycles. The first-order valence-corrected chi connectivity index (χ1v) is 6.88. The van der Waals surface area contributed by atoms with Gasteiger partial charge >= 0.3 is 6.01 Å². The fourth-order valence-corrected chi connectivity index (χ4v) is 2.27. The molecule has 0 unspecified atom stereocenters. The fourth-order valence-electron chi connectivity index (χ4n) is 1.64. The first kappa shape index (κ1) is 13.0. The smallest absolute Gasteiger partial charge is 0.322 e. The van der Waals surface area contributed by atoms with E-state index in [1.54, 1.807) is 24.3 Å². The highest BCUT2D eigenvalue weighted by molar-refractivity contribution is 7.08. The number of hydrogen-bond acceptors (Lipinski definition) is 6. The van der Waals surface area contributed by atoms with Crippen LogP contribution in [0.5, 0.6) is 0 Å². The van der Waals surface area contributed by atoms with E-state index in [2.05, 4.69) is 15.5 Å². The molecule has 7 heteroatoms. The van der Waals surface area contributed by atoms with Crippen molar-refractivity contribution in [2.75, 3.05) is 5.32 Å². The van der Waals surface area contributed by atoms with E-state index < -0.39 is 0 Å². The monoisotopic (exact) mass is 296 g/mol. The molecule has 0 saturated heterocycles. The van der Waals surface area contributed by atoms with E-state index in [1.165, 1.54) is 11.3 Å². The summed E-state index contributed by atoms with van der Waals surface area (Å²) in [7, 11) is 0. The van der Waals surface area contributed by atoms with Crippen molar-refractivity contribution in [3.63, 3.8) is 0 Å². The molecule has 0 aliphatic rings. The van der Waals surface area contributed by atoms with E-state index in [1.807, 2.05) is 22.9 Å². The molecule has 0 atom stereocenters. The molecule has 3 aromatic rings. The summed E-state index contributed by atoms with van der Waals surface area (Å²) >= 11 is 1.52. The summed E-state index contributed by atoms with van der Waals surface area (Å²) in [5.74, 6) is -0.0219. The van der Waals surface area contributed by atoms with Crippen LogP contribution in [0.15, 0.2) is 45.5 Å². The summed E-state index contributed by atoms with van der Waals surface area (Å²) in [4.78, 5) is 12.0. The van der Waals surface area contributed by atoms with Crippen LogP contribution in [0.25, 0.3) is 11.5 Å². The lowest BCUT2D eigenvalue weighted by atomic mass is 10.1. The number of aromatic nitrogens is 2. The highest BCUT2D eigenvalue weighted by atomic mass is 32.1. The van der Waals surface area contributed by atoms with Gasteiger partial charge in [0.05, 0.1) is 11.6 Å². The Morgan fingerprint density at radius 1 is 1.24 bits per heavy atom. The van der Waals surface area contributed by atoms with Crippen LogP contribution in [0.1, 0.15) is 15.9 Å². The topological polar surface area (TPSA) is 91.8 Å². The Morgan fingerprint density at radius 3 is 2.71 bits per heavy atom. The summed E-state index contributed by atoms with van der Waals surface area (Å²) in [6.45, 7) is 0. The zero-order chi connectivity index (χ0) is 14.7. The standard InChI is InChI=1S/C14H8N4O2S/c15-7-9-1-3-10(4-2-9)12(19)16-14-18-17-13(20-14)11-5-6-21-8-11/h1-6,8H,(H,16,18,19).